The van der Waals surface area contributed by atoms with Gasteiger partial charge in [-0.25, -0.2) is 0 Å². The maximum absolute atomic E-state index is 2.82. The van der Waals surface area contributed by atoms with Gasteiger partial charge < -0.3 is 0 Å². The number of unbranched alkanes of at least 4 members (excludes halogenated alkanes) is 24. The summed E-state index contributed by atoms with van der Waals surface area (Å²) in [6, 6.07) is 13.8. The zero-order chi connectivity index (χ0) is 47.7. The number of hydrogen-bond acceptors (Lipinski definition) is 4. The van der Waals surface area contributed by atoms with E-state index in [1.54, 1.807) is 50.1 Å². The van der Waals surface area contributed by atoms with Crippen molar-refractivity contribution in [1.29, 1.82) is 0 Å². The average molecular weight is 1000 g/mol. The third-order valence-corrected chi connectivity index (χ3v) is 27.0. The van der Waals surface area contributed by atoms with Gasteiger partial charge in [-0.1, -0.05) is 234 Å². The highest BCUT2D eigenvalue weighted by molar-refractivity contribution is 7.33. The fraction of sp³-hybridized carbons (Fsp3) is 0.742. The van der Waals surface area contributed by atoms with Crippen molar-refractivity contribution in [3.63, 3.8) is 0 Å². The van der Waals surface area contributed by atoms with Crippen LogP contribution in [-0.2, 0) is 12.8 Å². The van der Waals surface area contributed by atoms with Gasteiger partial charge in [0.05, 0.1) is 0 Å². The molecule has 67 heavy (non-hydrogen) atoms. The van der Waals surface area contributed by atoms with Crippen molar-refractivity contribution in [3.05, 3.63) is 45.1 Å². The lowest BCUT2D eigenvalue weighted by molar-refractivity contribution is 0.469. The maximum atomic E-state index is 2.82. The first-order valence-electron chi connectivity index (χ1n) is 29.3. The predicted molar refractivity (Wildman–Crippen MR) is 315 cm³/mol. The molecule has 0 saturated heterocycles. The minimum absolute atomic E-state index is 0.832. The van der Waals surface area contributed by atoms with Crippen molar-refractivity contribution >= 4 is 63.8 Å². The summed E-state index contributed by atoms with van der Waals surface area (Å²) in [5.74, 6) is 1.66. The molecule has 2 unspecified atom stereocenters. The third kappa shape index (κ3) is 17.6. The molecule has 1 aliphatic rings. The summed E-state index contributed by atoms with van der Waals surface area (Å²) < 4.78 is 0. The minimum Gasteiger partial charge on any atom is -0.139 e. The Balaban J connectivity index is 1.32. The Morgan fingerprint density at radius 3 is 0.970 bits per heavy atom. The van der Waals surface area contributed by atoms with Crippen LogP contribution in [0.1, 0.15) is 268 Å². The largest absolute Gasteiger partial charge is 0.139 e. The third-order valence-electron chi connectivity index (χ3n) is 16.2. The first kappa shape index (κ1) is 56.9. The fourth-order valence-corrected chi connectivity index (χ4v) is 24.4. The first-order valence-corrected chi connectivity index (χ1v) is 35.0. The molecule has 0 aromatic carbocycles. The molecule has 0 bridgehead atoms. The molecule has 0 amide bonds. The Bertz CT molecular complexity index is 1760. The molecule has 0 N–H and O–H groups in total. The molecule has 4 aromatic heterocycles. The molecule has 5 rings (SSSR count). The Labute approximate surface area is 432 Å². The zero-order valence-corrected chi connectivity index (χ0v) is 49.3. The van der Waals surface area contributed by atoms with E-state index in [1.165, 1.54) is 230 Å². The molecule has 4 aromatic rings. The van der Waals surface area contributed by atoms with E-state index in [4.69, 9.17) is 0 Å². The molecule has 0 fully saturated rings. The van der Waals surface area contributed by atoms with E-state index < -0.39 is 8.07 Å². The molecule has 0 radical (unpaired) electrons. The highest BCUT2D eigenvalue weighted by Gasteiger charge is 2.50. The van der Waals surface area contributed by atoms with E-state index >= 15 is 0 Å². The summed E-state index contributed by atoms with van der Waals surface area (Å²) in [4.78, 5) is 12.8. The molecule has 0 nitrogen and oxygen atoms in total. The van der Waals surface area contributed by atoms with Crippen LogP contribution in [0.3, 0.4) is 0 Å². The standard InChI is InChI=1S/C62H102S4Si/c1-9-15-19-21-23-25-27-29-31-33-35-37-41-53-43-55(63-49(53)7)57-45-59-61(65-57)62-60(67(59,47-51(13-5)39-17-11-3)48-52(14-6)40-18-12-4)46-58(66-62)56-44-54(50(8)64-56)42-38-36-34-32-30-28-26-24-22-20-16-10-2/h43-46,51-52H,9-42,47-48H2,1-8H3. The summed E-state index contributed by atoms with van der Waals surface area (Å²) >= 11 is 8.59. The number of aryl methyl sites for hydroxylation is 4. The van der Waals surface area contributed by atoms with E-state index in [-0.39, 0.29) is 0 Å². The van der Waals surface area contributed by atoms with Crippen LogP contribution < -0.4 is 10.4 Å². The Morgan fingerprint density at radius 2 is 0.657 bits per heavy atom. The highest BCUT2D eigenvalue weighted by atomic mass is 32.1. The number of fused-ring (bicyclic) bond motifs is 3. The molecule has 5 heterocycles. The molecule has 1 aliphatic heterocycles. The van der Waals surface area contributed by atoms with Crippen LogP contribution >= 0.6 is 45.3 Å². The van der Waals surface area contributed by atoms with Gasteiger partial charge >= 0.3 is 0 Å². The van der Waals surface area contributed by atoms with Gasteiger partial charge in [-0.15, -0.1) is 45.3 Å². The van der Waals surface area contributed by atoms with Gasteiger partial charge in [0.1, 0.15) is 8.07 Å². The van der Waals surface area contributed by atoms with Crippen molar-refractivity contribution in [2.24, 2.45) is 11.8 Å². The average Bonchev–Trinajstić information content (AvgIpc) is 4.17. The van der Waals surface area contributed by atoms with Gasteiger partial charge in [-0.2, -0.15) is 0 Å². The zero-order valence-electron chi connectivity index (χ0n) is 45.1. The second-order valence-electron chi connectivity index (χ2n) is 21.7. The van der Waals surface area contributed by atoms with Crippen molar-refractivity contribution in [2.45, 2.75) is 286 Å². The summed E-state index contributed by atoms with van der Waals surface area (Å²) in [6.07, 6.45) is 47.6. The smallest absolute Gasteiger partial charge is 0.122 e. The molecular weight excluding hydrogens is 901 g/mol. The highest BCUT2D eigenvalue weighted by Crippen LogP contribution is 2.50. The summed E-state index contributed by atoms with van der Waals surface area (Å²) in [7, 11) is -2.05. The van der Waals surface area contributed by atoms with E-state index in [1.807, 2.05) is 10.4 Å². The topological polar surface area (TPSA) is 0 Å². The van der Waals surface area contributed by atoms with Gasteiger partial charge in [-0.3, -0.25) is 0 Å². The van der Waals surface area contributed by atoms with Crippen molar-refractivity contribution in [3.8, 4) is 29.3 Å². The van der Waals surface area contributed by atoms with Crippen molar-refractivity contribution in [1.82, 2.24) is 0 Å². The van der Waals surface area contributed by atoms with E-state index in [9.17, 15) is 0 Å². The number of rotatable bonds is 40. The normalized spacial score (nSPS) is 14.0. The molecule has 0 spiro atoms. The van der Waals surface area contributed by atoms with E-state index in [2.05, 4.69) is 125 Å². The minimum atomic E-state index is -2.05. The van der Waals surface area contributed by atoms with Gasteiger partial charge in [0.25, 0.3) is 0 Å². The SMILES string of the molecule is CCCCCCCCCCCCCCc1cc(-c2cc3c(s2)-c2sc(-c4cc(CCCCCCCCCCCCCC)c(C)s4)cc2[Si]3(CC(CC)CCCC)CC(CC)CCCC)sc1C. The van der Waals surface area contributed by atoms with Gasteiger partial charge in [0, 0.05) is 39.0 Å². The second kappa shape index (κ2) is 32.2. The van der Waals surface area contributed by atoms with Crippen LogP contribution in [0.15, 0.2) is 24.3 Å². The monoisotopic (exact) mass is 1000 g/mol. The van der Waals surface area contributed by atoms with E-state index in [0.717, 1.165) is 11.8 Å². The molecule has 2 atom stereocenters. The van der Waals surface area contributed by atoms with Crippen LogP contribution in [0.2, 0.25) is 12.1 Å². The second-order valence-corrected chi connectivity index (χ2v) is 30.4. The molecule has 378 valence electrons. The number of hydrogen-bond donors (Lipinski definition) is 0. The van der Waals surface area contributed by atoms with Gasteiger partial charge in [0.2, 0.25) is 0 Å². The lowest BCUT2D eigenvalue weighted by Gasteiger charge is -2.35. The van der Waals surface area contributed by atoms with Crippen molar-refractivity contribution < 1.29 is 0 Å². The van der Waals surface area contributed by atoms with Crippen LogP contribution in [0.25, 0.3) is 29.3 Å². The Kier molecular flexibility index (Phi) is 27.3. The van der Waals surface area contributed by atoms with Crippen LogP contribution in [0.5, 0.6) is 0 Å². The van der Waals surface area contributed by atoms with Crippen LogP contribution in [0.4, 0.5) is 0 Å². The molecular formula is C62H102S4Si. The lowest BCUT2D eigenvalue weighted by atomic mass is 10.0. The quantitative estimate of drug-likeness (QED) is 0.0308. The molecule has 0 saturated carbocycles. The lowest BCUT2D eigenvalue weighted by Crippen LogP contribution is -2.56. The van der Waals surface area contributed by atoms with Gasteiger partial charge in [-0.05, 0) is 109 Å². The molecule has 0 aliphatic carbocycles. The fourth-order valence-electron chi connectivity index (χ4n) is 11.7. The van der Waals surface area contributed by atoms with Crippen LogP contribution in [-0.4, -0.2) is 8.07 Å². The van der Waals surface area contributed by atoms with E-state index in [0.29, 0.717) is 0 Å². The summed E-state index contributed by atoms with van der Waals surface area (Å²) in [5.41, 5.74) is 3.26. The molecule has 5 heteroatoms. The van der Waals surface area contributed by atoms with Crippen LogP contribution in [0, 0.1) is 25.7 Å². The summed E-state index contributed by atoms with van der Waals surface area (Å²) in [6.45, 7) is 19.3. The number of thiophene rings is 4. The summed E-state index contributed by atoms with van der Waals surface area (Å²) in [5, 5.41) is 3.71. The predicted octanol–water partition coefficient (Wildman–Crippen LogP) is 22.3. The Morgan fingerprint density at radius 1 is 0.358 bits per heavy atom. The van der Waals surface area contributed by atoms with Crippen molar-refractivity contribution in [2.75, 3.05) is 0 Å². The first-order chi connectivity index (χ1) is 32.8. The maximum Gasteiger partial charge on any atom is 0.122 e. The Hall–Kier alpha value is -0.983. The van der Waals surface area contributed by atoms with Gasteiger partial charge in [0.15, 0.2) is 0 Å².